The third-order valence-electron chi connectivity index (χ3n) is 3.14. The Balaban J connectivity index is 1.71. The summed E-state index contributed by atoms with van der Waals surface area (Å²) in [4.78, 5) is 13.3. The van der Waals surface area contributed by atoms with Crippen LogP contribution >= 0.6 is 0 Å². The van der Waals surface area contributed by atoms with Gasteiger partial charge in [-0.25, -0.2) is 4.79 Å². The van der Waals surface area contributed by atoms with E-state index in [1.54, 1.807) is 4.90 Å². The summed E-state index contributed by atoms with van der Waals surface area (Å²) < 4.78 is 5.16. The van der Waals surface area contributed by atoms with E-state index in [1.807, 2.05) is 42.5 Å². The smallest absolute Gasteiger partial charge is 0.410 e. The largest absolute Gasteiger partial charge is 0.445 e. The van der Waals surface area contributed by atoms with E-state index in [2.05, 4.69) is 0 Å². The van der Waals surface area contributed by atoms with E-state index in [1.165, 1.54) is 0 Å². The van der Waals surface area contributed by atoms with Crippen LogP contribution in [0.1, 0.15) is 18.4 Å². The molecule has 2 rings (SSSR count). The predicted molar refractivity (Wildman–Crippen MR) is 73.6 cm³/mol. The van der Waals surface area contributed by atoms with Crippen LogP contribution < -0.4 is 0 Å². The van der Waals surface area contributed by atoms with Crippen LogP contribution in [0.5, 0.6) is 0 Å². The quantitative estimate of drug-likeness (QED) is 0.908. The maximum absolute atomic E-state index is 11.7. The van der Waals surface area contributed by atoms with Gasteiger partial charge in [-0.2, -0.15) is 0 Å². The Kier molecular flexibility index (Phi) is 4.98. The number of rotatable bonds is 3. The second kappa shape index (κ2) is 6.95. The fourth-order valence-corrected chi connectivity index (χ4v) is 2.01. The van der Waals surface area contributed by atoms with Crippen molar-refractivity contribution in [3.63, 3.8) is 0 Å². The van der Waals surface area contributed by atoms with Crippen LogP contribution in [0.4, 0.5) is 4.79 Å². The zero-order chi connectivity index (χ0) is 13.5. The number of aliphatic hydroxyl groups excluding tert-OH is 1. The van der Waals surface area contributed by atoms with Crippen molar-refractivity contribution in [3.8, 4) is 0 Å². The topological polar surface area (TPSA) is 49.8 Å². The molecule has 0 bridgehead atoms. The van der Waals surface area contributed by atoms with Crippen molar-refractivity contribution >= 4 is 12.2 Å². The van der Waals surface area contributed by atoms with Crippen LogP contribution in [0.25, 0.3) is 6.08 Å². The maximum Gasteiger partial charge on any atom is 0.410 e. The molecule has 1 heterocycles. The average Bonchev–Trinajstić information content (AvgIpc) is 2.45. The summed E-state index contributed by atoms with van der Waals surface area (Å²) in [5.41, 5.74) is 1.08. The lowest BCUT2D eigenvalue weighted by Crippen LogP contribution is -2.40. The molecule has 0 aromatic heterocycles. The first-order chi connectivity index (χ1) is 9.25. The molecule has 1 saturated heterocycles. The molecule has 0 unspecified atom stereocenters. The molecule has 4 nitrogen and oxygen atoms in total. The average molecular weight is 261 g/mol. The molecule has 102 valence electrons. The number of benzene rings is 1. The number of carbonyl (C=O) groups excluding carboxylic acids is 1. The third kappa shape index (κ3) is 4.41. The van der Waals surface area contributed by atoms with E-state index < -0.39 is 0 Å². The standard InChI is InChI=1S/C15H19NO3/c17-14-8-10-16(11-9-14)15(18)19-12-4-7-13-5-2-1-3-6-13/h1-7,14,17H,8-12H2/b7-4+. The highest BCUT2D eigenvalue weighted by Crippen LogP contribution is 2.11. The van der Waals surface area contributed by atoms with Crippen molar-refractivity contribution in [1.29, 1.82) is 0 Å². The van der Waals surface area contributed by atoms with Gasteiger partial charge in [0.25, 0.3) is 0 Å². The number of aliphatic hydroxyl groups is 1. The highest BCUT2D eigenvalue weighted by Gasteiger charge is 2.21. The van der Waals surface area contributed by atoms with Crippen LogP contribution in [0, 0.1) is 0 Å². The Morgan fingerprint density at radius 2 is 2.00 bits per heavy atom. The summed E-state index contributed by atoms with van der Waals surface area (Å²) >= 11 is 0. The molecular weight excluding hydrogens is 242 g/mol. The Hall–Kier alpha value is -1.81. The van der Waals surface area contributed by atoms with Gasteiger partial charge in [0.15, 0.2) is 0 Å². The Morgan fingerprint density at radius 3 is 2.68 bits per heavy atom. The van der Waals surface area contributed by atoms with Crippen LogP contribution in [0.15, 0.2) is 36.4 Å². The lowest BCUT2D eigenvalue weighted by molar-refractivity contribution is 0.0638. The van der Waals surface area contributed by atoms with E-state index >= 15 is 0 Å². The Morgan fingerprint density at radius 1 is 1.32 bits per heavy atom. The summed E-state index contributed by atoms with van der Waals surface area (Å²) in [6.07, 6.45) is 4.44. The summed E-state index contributed by atoms with van der Waals surface area (Å²) in [7, 11) is 0. The van der Waals surface area contributed by atoms with Gasteiger partial charge < -0.3 is 14.7 Å². The molecule has 0 radical (unpaired) electrons. The third-order valence-corrected chi connectivity index (χ3v) is 3.14. The Bertz CT molecular complexity index is 422. The van der Waals surface area contributed by atoms with E-state index in [4.69, 9.17) is 4.74 Å². The molecule has 4 heteroatoms. The molecule has 19 heavy (non-hydrogen) atoms. The molecule has 0 atom stereocenters. The molecule has 1 N–H and O–H groups in total. The zero-order valence-electron chi connectivity index (χ0n) is 10.9. The number of ether oxygens (including phenoxy) is 1. The minimum Gasteiger partial charge on any atom is -0.445 e. The Labute approximate surface area is 113 Å². The van der Waals surface area contributed by atoms with E-state index in [0.717, 1.165) is 5.56 Å². The first kappa shape index (κ1) is 13.6. The van der Waals surface area contributed by atoms with Gasteiger partial charge in [-0.05, 0) is 24.5 Å². The van der Waals surface area contributed by atoms with Gasteiger partial charge in [-0.3, -0.25) is 0 Å². The van der Waals surface area contributed by atoms with Crippen molar-refractivity contribution in [2.24, 2.45) is 0 Å². The molecule has 1 aromatic rings. The highest BCUT2D eigenvalue weighted by molar-refractivity contribution is 5.68. The van der Waals surface area contributed by atoms with Crippen molar-refractivity contribution in [2.75, 3.05) is 19.7 Å². The molecule has 0 saturated carbocycles. The minimum absolute atomic E-state index is 0.271. The summed E-state index contributed by atoms with van der Waals surface area (Å²) in [6.45, 7) is 1.41. The van der Waals surface area contributed by atoms with E-state index in [-0.39, 0.29) is 18.8 Å². The van der Waals surface area contributed by atoms with E-state index in [0.29, 0.717) is 25.9 Å². The number of nitrogens with zero attached hydrogens (tertiary/aromatic N) is 1. The molecule has 1 aliphatic rings. The number of carbonyl (C=O) groups is 1. The predicted octanol–water partition coefficient (Wildman–Crippen LogP) is 2.29. The number of hydrogen-bond donors (Lipinski definition) is 1. The molecule has 1 aromatic carbocycles. The van der Waals surface area contributed by atoms with Crippen molar-refractivity contribution < 1.29 is 14.6 Å². The molecule has 1 fully saturated rings. The lowest BCUT2D eigenvalue weighted by Gasteiger charge is -2.28. The fraction of sp³-hybridized carbons (Fsp3) is 0.400. The van der Waals surface area contributed by atoms with Crippen molar-refractivity contribution in [3.05, 3.63) is 42.0 Å². The molecule has 1 amide bonds. The van der Waals surface area contributed by atoms with Gasteiger partial charge in [-0.1, -0.05) is 36.4 Å². The van der Waals surface area contributed by atoms with Gasteiger partial charge in [0.05, 0.1) is 6.10 Å². The second-order valence-electron chi connectivity index (χ2n) is 4.61. The number of amides is 1. The monoisotopic (exact) mass is 261 g/mol. The second-order valence-corrected chi connectivity index (χ2v) is 4.61. The number of hydrogen-bond acceptors (Lipinski definition) is 3. The van der Waals surface area contributed by atoms with Crippen molar-refractivity contribution in [1.82, 2.24) is 4.90 Å². The minimum atomic E-state index is -0.301. The SMILES string of the molecule is O=C(OC/C=C/c1ccccc1)N1CCC(O)CC1. The summed E-state index contributed by atoms with van der Waals surface area (Å²) in [6, 6.07) is 9.87. The van der Waals surface area contributed by atoms with Gasteiger partial charge in [0.1, 0.15) is 6.61 Å². The molecule has 0 aliphatic carbocycles. The molecule has 0 spiro atoms. The van der Waals surface area contributed by atoms with Gasteiger partial charge in [0, 0.05) is 13.1 Å². The number of likely N-dealkylation sites (tertiary alicyclic amines) is 1. The van der Waals surface area contributed by atoms with Crippen LogP contribution in [0.2, 0.25) is 0 Å². The molecule has 1 aliphatic heterocycles. The number of piperidine rings is 1. The first-order valence-corrected chi connectivity index (χ1v) is 6.57. The molecular formula is C15H19NO3. The van der Waals surface area contributed by atoms with Gasteiger partial charge in [-0.15, -0.1) is 0 Å². The van der Waals surface area contributed by atoms with Gasteiger partial charge >= 0.3 is 6.09 Å². The zero-order valence-corrected chi connectivity index (χ0v) is 10.9. The summed E-state index contributed by atoms with van der Waals surface area (Å²) in [5.74, 6) is 0. The van der Waals surface area contributed by atoms with Crippen LogP contribution in [-0.4, -0.2) is 41.9 Å². The van der Waals surface area contributed by atoms with Gasteiger partial charge in [0.2, 0.25) is 0 Å². The fourth-order valence-electron chi connectivity index (χ4n) is 2.01. The maximum atomic E-state index is 11.7. The summed E-state index contributed by atoms with van der Waals surface area (Å²) in [5, 5.41) is 9.36. The highest BCUT2D eigenvalue weighted by atomic mass is 16.6. The lowest BCUT2D eigenvalue weighted by atomic mass is 10.1. The first-order valence-electron chi connectivity index (χ1n) is 6.57. The van der Waals surface area contributed by atoms with Crippen LogP contribution in [-0.2, 0) is 4.74 Å². The van der Waals surface area contributed by atoms with Crippen molar-refractivity contribution in [2.45, 2.75) is 18.9 Å². The van der Waals surface area contributed by atoms with Crippen LogP contribution in [0.3, 0.4) is 0 Å². The normalized spacial score (nSPS) is 16.8. The van der Waals surface area contributed by atoms with E-state index in [9.17, 15) is 9.90 Å².